The number of piperidine rings is 1. The molecule has 0 aliphatic carbocycles. The molecule has 0 saturated carbocycles. The van der Waals surface area contributed by atoms with E-state index in [0.29, 0.717) is 24.2 Å². The molecular weight excluding hydrogens is 448 g/mol. The van der Waals surface area contributed by atoms with Crippen LogP contribution in [0.1, 0.15) is 63.0 Å². The Morgan fingerprint density at radius 1 is 1.00 bits per heavy atom. The zero-order valence-electron chi connectivity index (χ0n) is 22.1. The first-order chi connectivity index (χ1) is 17.3. The van der Waals surface area contributed by atoms with Crippen molar-refractivity contribution in [1.29, 1.82) is 0 Å². The Bertz CT molecular complexity index is 941. The van der Waals surface area contributed by atoms with E-state index >= 15 is 0 Å². The zero-order chi connectivity index (χ0) is 25.5. The number of carbonyl (C=O) groups is 1. The van der Waals surface area contributed by atoms with Crippen LogP contribution in [0.25, 0.3) is 0 Å². The molecule has 1 unspecified atom stereocenters. The van der Waals surface area contributed by atoms with Gasteiger partial charge in [0.25, 0.3) is 0 Å². The average molecular weight is 493 g/mol. The van der Waals surface area contributed by atoms with Crippen molar-refractivity contribution in [3.05, 3.63) is 71.8 Å². The van der Waals surface area contributed by atoms with Gasteiger partial charge in [-0.15, -0.1) is 0 Å². The molecule has 2 aliphatic heterocycles. The second-order valence-electron chi connectivity index (χ2n) is 11.6. The Hall–Kier alpha value is -2.21. The summed E-state index contributed by atoms with van der Waals surface area (Å²) in [7, 11) is 0. The van der Waals surface area contributed by atoms with Crippen LogP contribution in [0.15, 0.2) is 60.7 Å². The average Bonchev–Trinajstić information content (AvgIpc) is 3.28. The predicted octanol–water partition coefficient (Wildman–Crippen LogP) is 5.05. The van der Waals surface area contributed by atoms with Crippen LogP contribution >= 0.6 is 0 Å². The maximum atomic E-state index is 12.1. The summed E-state index contributed by atoms with van der Waals surface area (Å²) in [5.74, 6) is 0.384. The van der Waals surface area contributed by atoms with E-state index < -0.39 is 17.6 Å². The van der Waals surface area contributed by atoms with E-state index in [0.717, 1.165) is 64.8 Å². The quantitative estimate of drug-likeness (QED) is 0.460. The highest BCUT2D eigenvalue weighted by molar-refractivity contribution is 5.73. The normalized spacial score (nSPS) is 23.7. The topological polar surface area (TPSA) is 64.0 Å². The lowest BCUT2D eigenvalue weighted by Crippen LogP contribution is -2.46. The number of hydrogen-bond acceptors (Lipinski definition) is 4. The number of carboxylic acids is 1. The zero-order valence-corrected chi connectivity index (χ0v) is 22.1. The Kier molecular flexibility index (Phi) is 9.21. The number of nitrogens with zero attached hydrogens (tertiary/aromatic N) is 2. The van der Waals surface area contributed by atoms with Gasteiger partial charge in [-0.05, 0) is 61.5 Å². The van der Waals surface area contributed by atoms with Crippen molar-refractivity contribution in [2.75, 3.05) is 32.7 Å². The number of aryl methyl sites for hydroxylation is 1. The summed E-state index contributed by atoms with van der Waals surface area (Å²) < 4.78 is 0. The van der Waals surface area contributed by atoms with Crippen LogP contribution in [-0.2, 0) is 11.2 Å². The van der Waals surface area contributed by atoms with Crippen molar-refractivity contribution >= 4 is 5.97 Å². The number of likely N-dealkylation sites (tertiary alicyclic amines) is 2. The minimum Gasteiger partial charge on any atom is -0.480 e. The van der Waals surface area contributed by atoms with Crippen molar-refractivity contribution in [2.45, 2.75) is 69.9 Å². The number of aliphatic carboxylic acids is 1. The largest absolute Gasteiger partial charge is 0.480 e. The van der Waals surface area contributed by atoms with E-state index in [9.17, 15) is 15.0 Å². The number of hydrogen-bond donors (Lipinski definition) is 2. The van der Waals surface area contributed by atoms with Crippen LogP contribution in [0.3, 0.4) is 0 Å². The van der Waals surface area contributed by atoms with Gasteiger partial charge in [0.05, 0.1) is 5.60 Å². The molecule has 0 amide bonds. The van der Waals surface area contributed by atoms with Gasteiger partial charge in [0.1, 0.15) is 6.04 Å². The van der Waals surface area contributed by atoms with Gasteiger partial charge in [-0.25, -0.2) is 0 Å². The Balaban J connectivity index is 1.35. The summed E-state index contributed by atoms with van der Waals surface area (Å²) in [5.41, 5.74) is 2.10. The van der Waals surface area contributed by atoms with E-state index in [1.807, 2.05) is 12.1 Å². The van der Waals surface area contributed by atoms with Gasteiger partial charge in [-0.2, -0.15) is 0 Å². The molecule has 36 heavy (non-hydrogen) atoms. The summed E-state index contributed by atoms with van der Waals surface area (Å²) in [5, 5.41) is 21.2. The lowest BCUT2D eigenvalue weighted by Gasteiger charge is -2.40. The fourth-order valence-corrected chi connectivity index (χ4v) is 6.27. The van der Waals surface area contributed by atoms with Crippen LogP contribution in [0.5, 0.6) is 0 Å². The first-order valence-electron chi connectivity index (χ1n) is 13.8. The highest BCUT2D eigenvalue weighted by Gasteiger charge is 2.41. The summed E-state index contributed by atoms with van der Waals surface area (Å²) in [6.07, 6.45) is 5.21. The SMILES string of the molecule is CC(C)CC(C(=O)O)N1C[C@H](CN2CCC(O)(CCCc3ccccc3)CC2)[C@@H](c2ccccc2)C1. The van der Waals surface area contributed by atoms with Crippen LogP contribution in [0.2, 0.25) is 0 Å². The molecule has 2 saturated heterocycles. The number of rotatable bonds is 11. The minimum absolute atomic E-state index is 0.340. The number of benzene rings is 2. The van der Waals surface area contributed by atoms with Gasteiger partial charge < -0.3 is 15.1 Å². The number of carboxylic acid groups (broad SMARTS) is 1. The van der Waals surface area contributed by atoms with Crippen molar-refractivity contribution in [1.82, 2.24) is 9.80 Å². The van der Waals surface area contributed by atoms with E-state index in [-0.39, 0.29) is 0 Å². The van der Waals surface area contributed by atoms with E-state index in [1.54, 1.807) is 0 Å². The standard InChI is InChI=1S/C31H44N2O3/c1-24(2)20-29(30(34)35)33-22-27(28(23-33)26-13-7-4-8-14-26)21-32-18-16-31(36,17-19-32)15-9-12-25-10-5-3-6-11-25/h3-8,10-11,13-14,24,27-29,36H,9,12,15-23H2,1-2H3,(H,34,35)/t27-,28+,29?/m0/s1. The van der Waals surface area contributed by atoms with Crippen LogP contribution in [-0.4, -0.2) is 70.3 Å². The number of aliphatic hydroxyl groups is 1. The first-order valence-corrected chi connectivity index (χ1v) is 13.8. The van der Waals surface area contributed by atoms with E-state index in [4.69, 9.17) is 0 Å². The Morgan fingerprint density at radius 3 is 2.25 bits per heavy atom. The first kappa shape index (κ1) is 26.8. The van der Waals surface area contributed by atoms with Gasteiger partial charge in [0.2, 0.25) is 0 Å². The summed E-state index contributed by atoms with van der Waals surface area (Å²) in [4.78, 5) is 16.9. The van der Waals surface area contributed by atoms with Gasteiger partial charge in [0, 0.05) is 38.6 Å². The Labute approximate surface area is 217 Å². The summed E-state index contributed by atoms with van der Waals surface area (Å²) >= 11 is 0. The highest BCUT2D eigenvalue weighted by Crippen LogP contribution is 2.37. The molecule has 2 heterocycles. The molecule has 2 fully saturated rings. The molecule has 4 rings (SSSR count). The Morgan fingerprint density at radius 2 is 1.64 bits per heavy atom. The second-order valence-corrected chi connectivity index (χ2v) is 11.6. The lowest BCUT2D eigenvalue weighted by atomic mass is 9.84. The molecule has 5 heteroatoms. The van der Waals surface area contributed by atoms with Crippen molar-refractivity contribution in [2.24, 2.45) is 11.8 Å². The third kappa shape index (κ3) is 7.18. The molecule has 2 N–H and O–H groups in total. The molecule has 0 bridgehead atoms. The van der Waals surface area contributed by atoms with Crippen LogP contribution in [0.4, 0.5) is 0 Å². The predicted molar refractivity (Wildman–Crippen MR) is 145 cm³/mol. The van der Waals surface area contributed by atoms with E-state index in [1.165, 1.54) is 11.1 Å². The molecular formula is C31H44N2O3. The summed E-state index contributed by atoms with van der Waals surface area (Å²) in [6, 6.07) is 20.7. The van der Waals surface area contributed by atoms with Gasteiger partial charge >= 0.3 is 5.97 Å². The smallest absolute Gasteiger partial charge is 0.320 e. The molecule has 2 aliphatic rings. The molecule has 0 spiro atoms. The molecule has 2 aromatic rings. The third-order valence-corrected chi connectivity index (χ3v) is 8.35. The molecule has 196 valence electrons. The third-order valence-electron chi connectivity index (χ3n) is 8.35. The molecule has 5 nitrogen and oxygen atoms in total. The van der Waals surface area contributed by atoms with Crippen molar-refractivity contribution in [3.63, 3.8) is 0 Å². The minimum atomic E-state index is -0.699. The molecule has 0 aromatic heterocycles. The van der Waals surface area contributed by atoms with Gasteiger partial charge in [-0.1, -0.05) is 74.5 Å². The summed E-state index contributed by atoms with van der Waals surface area (Å²) in [6.45, 7) is 8.61. The fraction of sp³-hybridized carbons (Fsp3) is 0.581. The maximum Gasteiger partial charge on any atom is 0.320 e. The van der Waals surface area contributed by atoms with Crippen molar-refractivity contribution in [3.8, 4) is 0 Å². The second kappa shape index (κ2) is 12.4. The fourth-order valence-electron chi connectivity index (χ4n) is 6.27. The van der Waals surface area contributed by atoms with Gasteiger partial charge in [-0.3, -0.25) is 9.69 Å². The van der Waals surface area contributed by atoms with Crippen LogP contribution in [0, 0.1) is 11.8 Å². The molecule has 2 aromatic carbocycles. The molecule has 0 radical (unpaired) electrons. The monoisotopic (exact) mass is 492 g/mol. The molecule has 3 atom stereocenters. The van der Waals surface area contributed by atoms with Gasteiger partial charge in [0.15, 0.2) is 0 Å². The maximum absolute atomic E-state index is 12.1. The highest BCUT2D eigenvalue weighted by atomic mass is 16.4. The lowest BCUT2D eigenvalue weighted by molar-refractivity contribution is -0.143. The van der Waals surface area contributed by atoms with E-state index in [2.05, 4.69) is 72.2 Å². The van der Waals surface area contributed by atoms with Crippen molar-refractivity contribution < 1.29 is 15.0 Å². The van der Waals surface area contributed by atoms with Crippen LogP contribution < -0.4 is 0 Å².